The summed E-state index contributed by atoms with van der Waals surface area (Å²) in [5, 5.41) is 5.73. The highest BCUT2D eigenvalue weighted by molar-refractivity contribution is 5.82. The summed E-state index contributed by atoms with van der Waals surface area (Å²) in [4.78, 5) is 13.6. The Labute approximate surface area is 188 Å². The van der Waals surface area contributed by atoms with Gasteiger partial charge in [0.15, 0.2) is 0 Å². The van der Waals surface area contributed by atoms with Gasteiger partial charge in [0.1, 0.15) is 17.8 Å². The van der Waals surface area contributed by atoms with E-state index in [2.05, 4.69) is 62.4 Å². The maximum atomic E-state index is 5.40. The van der Waals surface area contributed by atoms with Gasteiger partial charge in [0, 0.05) is 23.7 Å². The number of aryl methyl sites for hydroxylation is 1. The Bertz CT molecular complexity index is 1260. The van der Waals surface area contributed by atoms with Crippen LogP contribution in [0.1, 0.15) is 50.1 Å². The summed E-state index contributed by atoms with van der Waals surface area (Å²) in [6, 6.07) is 14.3. The highest BCUT2D eigenvalue weighted by atomic mass is 16.5. The number of hydrogen-bond donors (Lipinski definition) is 1. The largest absolute Gasteiger partial charge is 0.480 e. The van der Waals surface area contributed by atoms with Crippen molar-refractivity contribution in [2.45, 2.75) is 57.0 Å². The number of fused-ring (bicyclic) bond motifs is 2. The van der Waals surface area contributed by atoms with E-state index in [4.69, 9.17) is 9.72 Å². The minimum atomic E-state index is 0.506. The first-order valence-corrected chi connectivity index (χ1v) is 11.8. The summed E-state index contributed by atoms with van der Waals surface area (Å²) < 4.78 is 7.73. The van der Waals surface area contributed by atoms with Crippen LogP contribution in [0.25, 0.3) is 21.9 Å². The van der Waals surface area contributed by atoms with Crippen LogP contribution in [0.2, 0.25) is 0 Å². The van der Waals surface area contributed by atoms with Gasteiger partial charge in [-0.3, -0.25) is 0 Å². The molecule has 2 fully saturated rings. The van der Waals surface area contributed by atoms with Crippen molar-refractivity contribution in [1.29, 1.82) is 0 Å². The van der Waals surface area contributed by atoms with E-state index < -0.39 is 0 Å². The normalized spacial score (nSPS) is 20.8. The van der Waals surface area contributed by atoms with Crippen LogP contribution in [-0.4, -0.2) is 32.7 Å². The lowest BCUT2D eigenvalue weighted by Crippen LogP contribution is -2.06. The maximum Gasteiger partial charge on any atom is 0.225 e. The Morgan fingerprint density at radius 1 is 1.06 bits per heavy atom. The minimum absolute atomic E-state index is 0.506. The van der Waals surface area contributed by atoms with Gasteiger partial charge in [-0.2, -0.15) is 0 Å². The Morgan fingerprint density at radius 3 is 2.84 bits per heavy atom. The lowest BCUT2D eigenvalue weighted by Gasteiger charge is -2.14. The van der Waals surface area contributed by atoms with E-state index >= 15 is 0 Å². The fourth-order valence-corrected chi connectivity index (χ4v) is 5.17. The molecule has 0 aliphatic heterocycles. The standard InChI is InChI=1S/C26H29N5O/c1-32-26-22-12-13-31(25(22)27-16-28-26)21-10-5-17(14-21)2-3-18-4-6-19-7-11-24(29-20-8-9-20)30-23(19)15-18/h4,6-7,11-13,15-17,20-21H,2-3,5,8-10,14H2,1H3,(H,29,30)/t17-,21+/m1/s1. The summed E-state index contributed by atoms with van der Waals surface area (Å²) >= 11 is 0. The van der Waals surface area contributed by atoms with Crippen molar-refractivity contribution in [2.75, 3.05) is 12.4 Å². The molecule has 0 spiro atoms. The second-order valence-electron chi connectivity index (χ2n) is 9.36. The van der Waals surface area contributed by atoms with Gasteiger partial charge in [0.2, 0.25) is 5.88 Å². The van der Waals surface area contributed by atoms with Crippen molar-refractivity contribution in [3.8, 4) is 5.88 Å². The molecule has 164 valence electrons. The van der Waals surface area contributed by atoms with Crippen LogP contribution >= 0.6 is 0 Å². The van der Waals surface area contributed by atoms with Crippen LogP contribution < -0.4 is 10.1 Å². The highest BCUT2D eigenvalue weighted by Gasteiger charge is 2.27. The first kappa shape index (κ1) is 19.5. The monoisotopic (exact) mass is 427 g/mol. The molecule has 0 radical (unpaired) electrons. The second-order valence-corrected chi connectivity index (χ2v) is 9.36. The molecule has 2 saturated carbocycles. The van der Waals surface area contributed by atoms with Crippen LogP contribution in [0, 0.1) is 5.92 Å². The lowest BCUT2D eigenvalue weighted by atomic mass is 9.97. The minimum Gasteiger partial charge on any atom is -0.480 e. The molecule has 2 aliphatic rings. The number of hydrogen-bond acceptors (Lipinski definition) is 5. The van der Waals surface area contributed by atoms with E-state index in [1.807, 2.05) is 0 Å². The molecule has 0 bridgehead atoms. The molecule has 0 saturated heterocycles. The molecule has 3 heterocycles. The molecule has 6 nitrogen and oxygen atoms in total. The first-order chi connectivity index (χ1) is 15.8. The SMILES string of the molecule is COc1ncnc2c1ccn2[C@H]1CC[C@@H](CCc2ccc3ccc(NC4CC4)nc3c2)C1. The van der Waals surface area contributed by atoms with Gasteiger partial charge in [-0.1, -0.05) is 12.1 Å². The zero-order valence-electron chi connectivity index (χ0n) is 18.5. The zero-order valence-corrected chi connectivity index (χ0v) is 18.5. The number of anilines is 1. The van der Waals surface area contributed by atoms with Crippen molar-refractivity contribution in [1.82, 2.24) is 19.5 Å². The third-order valence-electron chi connectivity index (χ3n) is 7.10. The van der Waals surface area contributed by atoms with E-state index in [-0.39, 0.29) is 0 Å². The third-order valence-corrected chi connectivity index (χ3v) is 7.10. The van der Waals surface area contributed by atoms with Crippen molar-refractivity contribution >= 4 is 27.8 Å². The van der Waals surface area contributed by atoms with Gasteiger partial charge in [-0.25, -0.2) is 15.0 Å². The number of rotatable bonds is 7. The maximum absolute atomic E-state index is 5.40. The van der Waals surface area contributed by atoms with E-state index in [1.165, 1.54) is 49.5 Å². The average Bonchev–Trinajstić information content (AvgIpc) is 3.33. The summed E-state index contributed by atoms with van der Waals surface area (Å²) in [5.41, 5.74) is 3.48. The molecule has 3 aromatic heterocycles. The topological polar surface area (TPSA) is 64.9 Å². The number of ether oxygens (including phenoxy) is 1. The number of nitrogens with one attached hydrogen (secondary N) is 1. The number of benzene rings is 1. The Balaban J connectivity index is 1.12. The van der Waals surface area contributed by atoms with Crippen LogP contribution in [-0.2, 0) is 6.42 Å². The molecule has 4 aromatic rings. The lowest BCUT2D eigenvalue weighted by molar-refractivity contribution is 0.402. The molecule has 1 aromatic carbocycles. The van der Waals surface area contributed by atoms with Gasteiger partial charge in [0.25, 0.3) is 0 Å². The Morgan fingerprint density at radius 2 is 1.97 bits per heavy atom. The van der Waals surface area contributed by atoms with Gasteiger partial charge in [-0.05, 0) is 80.7 Å². The predicted octanol–water partition coefficient (Wildman–Crippen LogP) is 5.54. The molecule has 2 atom stereocenters. The zero-order chi connectivity index (χ0) is 21.5. The van der Waals surface area contributed by atoms with Crippen LogP contribution in [0.15, 0.2) is 48.9 Å². The van der Waals surface area contributed by atoms with E-state index in [9.17, 15) is 0 Å². The smallest absolute Gasteiger partial charge is 0.225 e. The molecule has 32 heavy (non-hydrogen) atoms. The molecule has 0 amide bonds. The van der Waals surface area contributed by atoms with Crippen LogP contribution in [0.4, 0.5) is 5.82 Å². The fraction of sp³-hybridized carbons (Fsp3) is 0.423. The molecule has 6 rings (SSSR count). The molecular weight excluding hydrogens is 398 g/mol. The number of nitrogens with zero attached hydrogens (tertiary/aromatic N) is 4. The third kappa shape index (κ3) is 3.78. The van der Waals surface area contributed by atoms with E-state index in [0.29, 0.717) is 18.0 Å². The van der Waals surface area contributed by atoms with Gasteiger partial charge >= 0.3 is 0 Å². The fourth-order valence-electron chi connectivity index (χ4n) is 5.17. The molecule has 6 heteroatoms. The highest BCUT2D eigenvalue weighted by Crippen LogP contribution is 2.39. The Hall–Kier alpha value is -3.15. The number of aromatic nitrogens is 4. The average molecular weight is 428 g/mol. The molecule has 0 unspecified atom stereocenters. The summed E-state index contributed by atoms with van der Waals surface area (Å²) in [7, 11) is 1.66. The van der Waals surface area contributed by atoms with Crippen molar-refractivity contribution in [3.63, 3.8) is 0 Å². The van der Waals surface area contributed by atoms with Crippen molar-refractivity contribution in [3.05, 3.63) is 54.5 Å². The van der Waals surface area contributed by atoms with Gasteiger partial charge in [-0.15, -0.1) is 0 Å². The summed E-state index contributed by atoms with van der Waals surface area (Å²) in [5.74, 6) is 2.41. The van der Waals surface area contributed by atoms with Crippen molar-refractivity contribution in [2.24, 2.45) is 5.92 Å². The second kappa shape index (κ2) is 8.08. The quantitative estimate of drug-likeness (QED) is 0.420. The molecule has 2 aliphatic carbocycles. The van der Waals surface area contributed by atoms with E-state index in [0.717, 1.165) is 34.7 Å². The van der Waals surface area contributed by atoms with Gasteiger partial charge < -0.3 is 14.6 Å². The summed E-state index contributed by atoms with van der Waals surface area (Å²) in [6.45, 7) is 0. The first-order valence-electron chi connectivity index (χ1n) is 11.8. The predicted molar refractivity (Wildman–Crippen MR) is 127 cm³/mol. The number of methoxy groups -OCH3 is 1. The van der Waals surface area contributed by atoms with Crippen LogP contribution in [0.5, 0.6) is 5.88 Å². The van der Waals surface area contributed by atoms with Gasteiger partial charge in [0.05, 0.1) is 18.0 Å². The Kier molecular flexibility index (Phi) is 4.93. The van der Waals surface area contributed by atoms with E-state index in [1.54, 1.807) is 13.4 Å². The van der Waals surface area contributed by atoms with Crippen LogP contribution in [0.3, 0.4) is 0 Å². The molecule has 1 N–H and O–H groups in total. The molecular formula is C26H29N5O. The summed E-state index contributed by atoms with van der Waals surface area (Å²) in [6.07, 6.45) is 12.3. The van der Waals surface area contributed by atoms with Crippen molar-refractivity contribution < 1.29 is 4.74 Å². The number of pyridine rings is 1.